The Morgan fingerprint density at radius 2 is 2.00 bits per heavy atom. The third-order valence-corrected chi connectivity index (χ3v) is 6.59. The van der Waals surface area contributed by atoms with E-state index in [-0.39, 0.29) is 6.10 Å². The van der Waals surface area contributed by atoms with Gasteiger partial charge in [-0.15, -0.1) is 11.8 Å². The number of fused-ring (bicyclic) bond motifs is 2. The number of thioether (sulfide) groups is 1. The largest absolute Gasteiger partial charge is 0.393 e. The Kier molecular flexibility index (Phi) is 4.35. The molecule has 1 aromatic carbocycles. The smallest absolute Gasteiger partial charge is 0.132 e. The highest BCUT2D eigenvalue weighted by Crippen LogP contribution is 2.42. The van der Waals surface area contributed by atoms with E-state index in [1.165, 1.54) is 16.3 Å². The summed E-state index contributed by atoms with van der Waals surface area (Å²) >= 11 is 1.92. The molecule has 1 aromatic rings. The van der Waals surface area contributed by atoms with E-state index in [1.807, 2.05) is 11.8 Å². The highest BCUT2D eigenvalue weighted by Gasteiger charge is 2.38. The van der Waals surface area contributed by atoms with Gasteiger partial charge in [0, 0.05) is 41.9 Å². The van der Waals surface area contributed by atoms with Crippen molar-refractivity contribution in [3.63, 3.8) is 0 Å². The lowest BCUT2D eigenvalue weighted by Crippen LogP contribution is -2.47. The minimum absolute atomic E-state index is 0.179. The Morgan fingerprint density at radius 1 is 1.22 bits per heavy atom. The first-order valence-corrected chi connectivity index (χ1v) is 9.58. The molecular formula is C18H25N3OS. The molecule has 23 heavy (non-hydrogen) atoms. The molecule has 2 fully saturated rings. The molecule has 0 radical (unpaired) electrons. The van der Waals surface area contributed by atoms with Gasteiger partial charge in [0.15, 0.2) is 0 Å². The summed E-state index contributed by atoms with van der Waals surface area (Å²) in [6.45, 7) is 6.33. The zero-order chi connectivity index (χ0) is 15.8. The molecule has 1 aliphatic carbocycles. The summed E-state index contributed by atoms with van der Waals surface area (Å²) in [5.41, 5.74) is 1.27. The van der Waals surface area contributed by atoms with Gasteiger partial charge in [0.25, 0.3) is 0 Å². The van der Waals surface area contributed by atoms with Crippen molar-refractivity contribution in [2.75, 3.05) is 26.2 Å². The summed E-state index contributed by atoms with van der Waals surface area (Å²) in [5, 5.41) is 14.0. The molecule has 3 aliphatic rings. The van der Waals surface area contributed by atoms with E-state index < -0.39 is 0 Å². The molecule has 0 amide bonds. The molecule has 0 spiro atoms. The fourth-order valence-corrected chi connectivity index (χ4v) is 5.58. The second kappa shape index (κ2) is 6.46. The van der Waals surface area contributed by atoms with Gasteiger partial charge in [-0.3, -0.25) is 4.99 Å². The predicted octanol–water partition coefficient (Wildman–Crippen LogP) is 1.97. The van der Waals surface area contributed by atoms with Gasteiger partial charge in [0.05, 0.1) is 12.1 Å². The Labute approximate surface area is 142 Å². The molecule has 1 saturated carbocycles. The molecule has 0 bridgehead atoms. The lowest BCUT2D eigenvalue weighted by molar-refractivity contribution is 0.100. The fraction of sp³-hybridized carbons (Fsp3) is 0.611. The van der Waals surface area contributed by atoms with Crippen LogP contribution in [-0.4, -0.2) is 59.4 Å². The number of aliphatic hydroxyl groups is 1. The molecule has 3 unspecified atom stereocenters. The van der Waals surface area contributed by atoms with E-state index >= 15 is 0 Å². The standard InChI is InChI=1S/C18H25N3OS/c1-12-10-13(22)11-16-17(12)20-18(21-8-6-19-7-9-21)14-4-2-3-5-15(14)23-16/h2-5,12-13,16-17,19,22H,6-11H2,1H3/t12-,13?,16?,17?/m0/s1. The van der Waals surface area contributed by atoms with Crippen LogP contribution in [0.3, 0.4) is 0 Å². The topological polar surface area (TPSA) is 47.9 Å². The zero-order valence-corrected chi connectivity index (χ0v) is 14.4. The van der Waals surface area contributed by atoms with Gasteiger partial charge in [0.1, 0.15) is 5.84 Å². The number of hydrogen-bond donors (Lipinski definition) is 2. The van der Waals surface area contributed by atoms with Gasteiger partial charge < -0.3 is 15.3 Å². The van der Waals surface area contributed by atoms with Crippen molar-refractivity contribution in [2.45, 2.75) is 42.1 Å². The maximum Gasteiger partial charge on any atom is 0.132 e. The zero-order valence-electron chi connectivity index (χ0n) is 13.6. The Balaban J connectivity index is 1.76. The molecule has 4 atom stereocenters. The lowest BCUT2D eigenvalue weighted by Gasteiger charge is -2.36. The number of nitrogens with zero attached hydrogens (tertiary/aromatic N) is 2. The molecule has 4 nitrogen and oxygen atoms in total. The minimum Gasteiger partial charge on any atom is -0.393 e. The Hall–Kier alpha value is -1.04. The normalized spacial score (nSPS) is 34.2. The summed E-state index contributed by atoms with van der Waals surface area (Å²) < 4.78 is 0. The van der Waals surface area contributed by atoms with Crippen LogP contribution < -0.4 is 5.32 Å². The Morgan fingerprint density at radius 3 is 2.83 bits per heavy atom. The maximum absolute atomic E-state index is 10.2. The summed E-state index contributed by atoms with van der Waals surface area (Å²) in [4.78, 5) is 9.02. The quantitative estimate of drug-likeness (QED) is 0.763. The number of rotatable bonds is 0. The van der Waals surface area contributed by atoms with Crippen LogP contribution >= 0.6 is 11.8 Å². The molecule has 2 heterocycles. The van der Waals surface area contributed by atoms with Crippen molar-refractivity contribution in [2.24, 2.45) is 10.9 Å². The van der Waals surface area contributed by atoms with E-state index in [4.69, 9.17) is 4.99 Å². The molecule has 0 aromatic heterocycles. The molecule has 124 valence electrons. The first-order valence-electron chi connectivity index (χ1n) is 8.70. The number of aliphatic imine (C=N–C) groups is 1. The number of benzene rings is 1. The van der Waals surface area contributed by atoms with Crippen LogP contribution in [0.5, 0.6) is 0 Å². The third kappa shape index (κ3) is 3.02. The second-order valence-corrected chi connectivity index (χ2v) is 8.22. The monoisotopic (exact) mass is 331 g/mol. The van der Waals surface area contributed by atoms with Gasteiger partial charge in [-0.05, 0) is 24.8 Å². The average Bonchev–Trinajstić information content (AvgIpc) is 2.72. The van der Waals surface area contributed by atoms with E-state index in [0.717, 1.165) is 39.0 Å². The molecule has 5 heteroatoms. The fourth-order valence-electron chi connectivity index (χ4n) is 4.02. The van der Waals surface area contributed by atoms with Gasteiger partial charge in [-0.2, -0.15) is 0 Å². The van der Waals surface area contributed by atoms with Crippen LogP contribution in [0.2, 0.25) is 0 Å². The van der Waals surface area contributed by atoms with E-state index in [0.29, 0.717) is 17.2 Å². The van der Waals surface area contributed by atoms with Gasteiger partial charge in [-0.25, -0.2) is 0 Å². The first kappa shape index (κ1) is 15.5. The molecule has 4 rings (SSSR count). The van der Waals surface area contributed by atoms with Crippen LogP contribution in [0.4, 0.5) is 0 Å². The number of nitrogens with one attached hydrogen (secondary N) is 1. The van der Waals surface area contributed by atoms with Gasteiger partial charge in [0.2, 0.25) is 0 Å². The first-order chi connectivity index (χ1) is 11.2. The third-order valence-electron chi connectivity index (χ3n) is 5.21. The molecule has 2 N–H and O–H groups in total. The molecular weight excluding hydrogens is 306 g/mol. The van der Waals surface area contributed by atoms with Crippen LogP contribution in [0.25, 0.3) is 0 Å². The lowest BCUT2D eigenvalue weighted by atomic mass is 9.84. The number of aliphatic hydroxyl groups excluding tert-OH is 1. The number of hydrogen-bond acceptors (Lipinski definition) is 5. The van der Waals surface area contributed by atoms with Crippen molar-refractivity contribution < 1.29 is 5.11 Å². The minimum atomic E-state index is -0.179. The SMILES string of the molecule is C[C@H]1CC(O)CC2Sc3ccccc3C(N3CCNCC3)=NC21. The number of amidine groups is 1. The Bertz CT molecular complexity index is 600. The summed E-state index contributed by atoms with van der Waals surface area (Å²) in [7, 11) is 0. The van der Waals surface area contributed by atoms with Crippen molar-refractivity contribution in [1.82, 2.24) is 10.2 Å². The van der Waals surface area contributed by atoms with Gasteiger partial charge >= 0.3 is 0 Å². The van der Waals surface area contributed by atoms with Crippen molar-refractivity contribution in [3.05, 3.63) is 29.8 Å². The second-order valence-electron chi connectivity index (χ2n) is 6.94. The summed E-state index contributed by atoms with van der Waals surface area (Å²) in [6.07, 6.45) is 1.55. The van der Waals surface area contributed by atoms with Crippen molar-refractivity contribution >= 4 is 17.6 Å². The van der Waals surface area contributed by atoms with Gasteiger partial charge in [-0.1, -0.05) is 25.1 Å². The van der Waals surface area contributed by atoms with E-state index in [9.17, 15) is 5.11 Å². The summed E-state index contributed by atoms with van der Waals surface area (Å²) in [6, 6.07) is 8.96. The van der Waals surface area contributed by atoms with Crippen LogP contribution in [0.1, 0.15) is 25.3 Å². The van der Waals surface area contributed by atoms with E-state index in [1.54, 1.807) is 0 Å². The number of piperazine rings is 1. The molecule has 2 aliphatic heterocycles. The molecule has 1 saturated heterocycles. The maximum atomic E-state index is 10.2. The highest BCUT2D eigenvalue weighted by molar-refractivity contribution is 8.00. The van der Waals surface area contributed by atoms with Crippen LogP contribution in [0, 0.1) is 5.92 Å². The van der Waals surface area contributed by atoms with Crippen molar-refractivity contribution in [3.8, 4) is 0 Å². The predicted molar refractivity (Wildman–Crippen MR) is 95.3 cm³/mol. The summed E-state index contributed by atoms with van der Waals surface area (Å²) in [5.74, 6) is 1.61. The van der Waals surface area contributed by atoms with E-state index in [2.05, 4.69) is 41.4 Å². The highest BCUT2D eigenvalue weighted by atomic mass is 32.2. The average molecular weight is 331 g/mol. The van der Waals surface area contributed by atoms with Crippen LogP contribution in [0.15, 0.2) is 34.2 Å². The van der Waals surface area contributed by atoms with Crippen LogP contribution in [-0.2, 0) is 0 Å². The van der Waals surface area contributed by atoms with Crippen molar-refractivity contribution in [1.29, 1.82) is 0 Å².